The van der Waals surface area contributed by atoms with Gasteiger partial charge in [0.15, 0.2) is 0 Å². The van der Waals surface area contributed by atoms with Gasteiger partial charge in [-0.15, -0.1) is 0 Å². The molecule has 1 unspecified atom stereocenters. The van der Waals surface area contributed by atoms with E-state index in [0.29, 0.717) is 32.7 Å². The van der Waals surface area contributed by atoms with E-state index >= 15 is 0 Å². The summed E-state index contributed by atoms with van der Waals surface area (Å²) in [6, 6.07) is 2.00. The summed E-state index contributed by atoms with van der Waals surface area (Å²) in [5.74, 6) is -1.04. The van der Waals surface area contributed by atoms with E-state index in [1.54, 1.807) is 23.8 Å². The minimum Gasteiger partial charge on any atom is -0.480 e. The number of aliphatic carboxylic acids is 1. The minimum atomic E-state index is -0.847. The van der Waals surface area contributed by atoms with Crippen molar-refractivity contribution in [1.29, 1.82) is 5.26 Å². The first kappa shape index (κ1) is 15.2. The molecule has 1 rings (SSSR count). The van der Waals surface area contributed by atoms with E-state index < -0.39 is 5.97 Å². The Bertz CT molecular complexity index is 372. The molecule has 0 aromatic rings. The van der Waals surface area contributed by atoms with E-state index in [4.69, 9.17) is 10.4 Å². The molecule has 7 nitrogen and oxygen atoms in total. The summed E-state index contributed by atoms with van der Waals surface area (Å²) < 4.78 is 0. The third-order valence-electron chi connectivity index (χ3n) is 3.10. The van der Waals surface area contributed by atoms with Crippen molar-refractivity contribution in [3.8, 4) is 6.07 Å². The van der Waals surface area contributed by atoms with Crippen molar-refractivity contribution in [3.63, 3.8) is 0 Å². The van der Waals surface area contributed by atoms with Crippen molar-refractivity contribution in [2.24, 2.45) is 5.92 Å². The van der Waals surface area contributed by atoms with Gasteiger partial charge in [-0.3, -0.25) is 9.69 Å². The van der Waals surface area contributed by atoms with Crippen molar-refractivity contribution in [3.05, 3.63) is 0 Å². The van der Waals surface area contributed by atoms with Crippen LogP contribution in [0.3, 0.4) is 0 Å². The van der Waals surface area contributed by atoms with Gasteiger partial charge >= 0.3 is 12.0 Å². The molecule has 0 spiro atoms. The lowest BCUT2D eigenvalue weighted by Gasteiger charge is -2.36. The molecule has 1 saturated heterocycles. The van der Waals surface area contributed by atoms with Gasteiger partial charge in [0, 0.05) is 39.8 Å². The monoisotopic (exact) mass is 268 g/mol. The number of urea groups is 1. The van der Waals surface area contributed by atoms with Crippen molar-refractivity contribution in [1.82, 2.24) is 14.7 Å². The number of carboxylic acids is 1. The minimum absolute atomic E-state index is 0.0172. The lowest BCUT2D eigenvalue weighted by molar-refractivity contribution is -0.138. The lowest BCUT2D eigenvalue weighted by Crippen LogP contribution is -2.53. The normalized spacial score (nSPS) is 17.6. The average Bonchev–Trinajstić information content (AvgIpc) is 2.37. The summed E-state index contributed by atoms with van der Waals surface area (Å²) in [4.78, 5) is 27.7. The third-order valence-corrected chi connectivity index (χ3v) is 3.10. The van der Waals surface area contributed by atoms with Crippen molar-refractivity contribution >= 4 is 12.0 Å². The molecule has 1 N–H and O–H groups in total. The second kappa shape index (κ2) is 6.95. The molecule has 0 aliphatic carbocycles. The SMILES string of the molecule is CC(C#N)CN(C)C(=O)N1CCN(CC(=O)O)CC1. The standard InChI is InChI=1S/C12H20N4O3/c1-10(7-13)8-14(2)12(19)16-5-3-15(4-6-16)9-11(17)18/h10H,3-6,8-9H2,1-2H3,(H,17,18). The zero-order chi connectivity index (χ0) is 14.4. The molecule has 0 bridgehead atoms. The zero-order valence-electron chi connectivity index (χ0n) is 11.4. The fourth-order valence-electron chi connectivity index (χ4n) is 2.06. The summed E-state index contributed by atoms with van der Waals surface area (Å²) >= 11 is 0. The number of carbonyl (C=O) groups excluding carboxylic acids is 1. The molecule has 1 fully saturated rings. The summed E-state index contributed by atoms with van der Waals surface area (Å²) in [6.07, 6.45) is 0. The van der Waals surface area contributed by atoms with Gasteiger partial charge in [-0.05, 0) is 6.92 Å². The second-order valence-corrected chi connectivity index (χ2v) is 4.85. The van der Waals surface area contributed by atoms with Gasteiger partial charge in [-0.25, -0.2) is 4.79 Å². The van der Waals surface area contributed by atoms with Crippen LogP contribution >= 0.6 is 0 Å². The summed E-state index contributed by atoms with van der Waals surface area (Å²) in [6.45, 7) is 4.39. The van der Waals surface area contributed by atoms with Crippen LogP contribution in [0, 0.1) is 17.2 Å². The molecule has 106 valence electrons. The van der Waals surface area contributed by atoms with E-state index in [-0.39, 0.29) is 18.5 Å². The molecule has 7 heteroatoms. The predicted octanol–water partition coefficient (Wildman–Crippen LogP) is -0.0999. The Kier molecular flexibility index (Phi) is 5.57. The molecular formula is C12H20N4O3. The molecule has 1 heterocycles. The maximum absolute atomic E-state index is 12.1. The summed E-state index contributed by atoms with van der Waals surface area (Å²) in [7, 11) is 1.68. The number of carboxylic acid groups (broad SMARTS) is 1. The molecule has 19 heavy (non-hydrogen) atoms. The van der Waals surface area contributed by atoms with Gasteiger partial charge in [0.2, 0.25) is 0 Å². The number of hydrogen-bond donors (Lipinski definition) is 1. The average molecular weight is 268 g/mol. The molecule has 0 aromatic carbocycles. The van der Waals surface area contributed by atoms with Crippen LogP contribution in [0.2, 0.25) is 0 Å². The van der Waals surface area contributed by atoms with E-state index in [2.05, 4.69) is 6.07 Å². The maximum Gasteiger partial charge on any atom is 0.319 e. The molecule has 0 saturated carbocycles. The quantitative estimate of drug-likeness (QED) is 0.769. The van der Waals surface area contributed by atoms with Gasteiger partial charge < -0.3 is 14.9 Å². The van der Waals surface area contributed by atoms with Gasteiger partial charge in [-0.2, -0.15) is 5.26 Å². The number of hydrogen-bond acceptors (Lipinski definition) is 4. The molecule has 1 atom stereocenters. The van der Waals surface area contributed by atoms with E-state index in [1.807, 2.05) is 4.90 Å². The van der Waals surface area contributed by atoms with Crippen LogP contribution in [0.5, 0.6) is 0 Å². The Labute approximate surface area is 113 Å². The van der Waals surface area contributed by atoms with Crippen molar-refractivity contribution in [2.45, 2.75) is 6.92 Å². The highest BCUT2D eigenvalue weighted by molar-refractivity contribution is 5.74. The van der Waals surface area contributed by atoms with Crippen molar-refractivity contribution in [2.75, 3.05) is 46.3 Å². The number of carbonyl (C=O) groups is 2. The highest BCUT2D eigenvalue weighted by atomic mass is 16.4. The molecule has 0 aromatic heterocycles. The Hall–Kier alpha value is -1.81. The molecule has 1 aliphatic heterocycles. The van der Waals surface area contributed by atoms with Crippen LogP contribution < -0.4 is 0 Å². The van der Waals surface area contributed by atoms with E-state index in [1.165, 1.54) is 0 Å². The topological polar surface area (TPSA) is 87.9 Å². The van der Waals surface area contributed by atoms with Crippen LogP contribution in [-0.4, -0.2) is 78.1 Å². The highest BCUT2D eigenvalue weighted by Gasteiger charge is 2.24. The van der Waals surface area contributed by atoms with E-state index in [0.717, 1.165) is 0 Å². The fraction of sp³-hybridized carbons (Fsp3) is 0.750. The first-order valence-corrected chi connectivity index (χ1v) is 6.28. The number of amides is 2. The van der Waals surface area contributed by atoms with Gasteiger partial charge in [0.05, 0.1) is 18.5 Å². The Morgan fingerprint density at radius 1 is 1.37 bits per heavy atom. The second-order valence-electron chi connectivity index (χ2n) is 4.85. The largest absolute Gasteiger partial charge is 0.480 e. The summed E-state index contributed by atoms with van der Waals surface area (Å²) in [5.41, 5.74) is 0. The molecule has 1 aliphatic rings. The third kappa shape index (κ3) is 4.75. The highest BCUT2D eigenvalue weighted by Crippen LogP contribution is 2.06. The number of rotatable bonds is 4. The molecule has 0 radical (unpaired) electrons. The summed E-state index contributed by atoms with van der Waals surface area (Å²) in [5, 5.41) is 17.4. The fourth-order valence-corrected chi connectivity index (χ4v) is 2.06. The Morgan fingerprint density at radius 2 is 1.95 bits per heavy atom. The van der Waals surface area contributed by atoms with Crippen LogP contribution in [0.1, 0.15) is 6.92 Å². The van der Waals surface area contributed by atoms with Gasteiger partial charge in [0.1, 0.15) is 0 Å². The number of piperazine rings is 1. The molecular weight excluding hydrogens is 248 g/mol. The zero-order valence-corrected chi connectivity index (χ0v) is 11.4. The molecule has 2 amide bonds. The van der Waals surface area contributed by atoms with Crippen molar-refractivity contribution < 1.29 is 14.7 Å². The predicted molar refractivity (Wildman–Crippen MR) is 68.5 cm³/mol. The maximum atomic E-state index is 12.1. The van der Waals surface area contributed by atoms with Crippen LogP contribution in [0.15, 0.2) is 0 Å². The lowest BCUT2D eigenvalue weighted by atomic mass is 10.2. The van der Waals surface area contributed by atoms with Crippen LogP contribution in [-0.2, 0) is 4.79 Å². The van der Waals surface area contributed by atoms with E-state index in [9.17, 15) is 9.59 Å². The number of nitriles is 1. The van der Waals surface area contributed by atoms with Crippen LogP contribution in [0.25, 0.3) is 0 Å². The Balaban J connectivity index is 2.40. The first-order chi connectivity index (χ1) is 8.93. The van der Waals surface area contributed by atoms with Gasteiger partial charge in [-0.1, -0.05) is 0 Å². The van der Waals surface area contributed by atoms with Gasteiger partial charge in [0.25, 0.3) is 0 Å². The van der Waals surface area contributed by atoms with Crippen LogP contribution in [0.4, 0.5) is 4.79 Å². The smallest absolute Gasteiger partial charge is 0.319 e. The Morgan fingerprint density at radius 3 is 2.42 bits per heavy atom. The first-order valence-electron chi connectivity index (χ1n) is 6.28. The number of nitrogens with zero attached hydrogens (tertiary/aromatic N) is 4.